The van der Waals surface area contributed by atoms with Crippen LogP contribution in [0.1, 0.15) is 39.7 Å². The fourth-order valence-electron chi connectivity index (χ4n) is 4.29. The number of rotatable bonds is 8. The lowest BCUT2D eigenvalue weighted by Crippen LogP contribution is -2.48. The molecule has 2 aromatic carbocycles. The van der Waals surface area contributed by atoms with Gasteiger partial charge in [-0.15, -0.1) is 0 Å². The number of carbonyl (C=O) groups is 1. The molecular weight excluding hydrogens is 446 g/mol. The molecule has 0 aliphatic carbocycles. The van der Waals surface area contributed by atoms with Gasteiger partial charge >= 0.3 is 0 Å². The van der Waals surface area contributed by atoms with Gasteiger partial charge in [0.05, 0.1) is 10.6 Å². The van der Waals surface area contributed by atoms with Gasteiger partial charge in [-0.05, 0) is 50.6 Å². The average molecular weight is 478 g/mol. The van der Waals surface area contributed by atoms with Gasteiger partial charge in [0.15, 0.2) is 0 Å². The smallest absolute Gasteiger partial charge is 0.272 e. The van der Waals surface area contributed by atoms with Gasteiger partial charge in [-0.3, -0.25) is 24.5 Å². The third-order valence-corrected chi connectivity index (χ3v) is 6.37. The van der Waals surface area contributed by atoms with Crippen molar-refractivity contribution >= 4 is 11.6 Å². The van der Waals surface area contributed by atoms with Crippen molar-refractivity contribution in [1.82, 2.24) is 19.6 Å². The third-order valence-electron chi connectivity index (χ3n) is 6.37. The Morgan fingerprint density at radius 2 is 1.89 bits per heavy atom. The summed E-state index contributed by atoms with van der Waals surface area (Å²) in [5.41, 5.74) is 4.42. The van der Waals surface area contributed by atoms with Crippen LogP contribution in [0.5, 0.6) is 5.75 Å². The Hall–Kier alpha value is -3.72. The predicted octanol–water partition coefficient (Wildman–Crippen LogP) is 3.97. The second-order valence-electron chi connectivity index (χ2n) is 8.86. The summed E-state index contributed by atoms with van der Waals surface area (Å²) >= 11 is 0. The summed E-state index contributed by atoms with van der Waals surface area (Å²) in [6, 6.07) is 12.1. The molecule has 1 aromatic heterocycles. The monoisotopic (exact) mass is 477 g/mol. The molecule has 0 radical (unpaired) electrons. The van der Waals surface area contributed by atoms with Gasteiger partial charge in [0.1, 0.15) is 12.4 Å². The van der Waals surface area contributed by atoms with Crippen LogP contribution in [-0.2, 0) is 19.7 Å². The Kier molecular flexibility index (Phi) is 7.45. The zero-order valence-corrected chi connectivity index (χ0v) is 20.4. The van der Waals surface area contributed by atoms with Crippen LogP contribution in [0, 0.1) is 24.0 Å². The van der Waals surface area contributed by atoms with Gasteiger partial charge in [0.2, 0.25) is 0 Å². The lowest BCUT2D eigenvalue weighted by Gasteiger charge is -2.34. The van der Waals surface area contributed by atoms with Gasteiger partial charge in [-0.25, -0.2) is 0 Å². The zero-order valence-electron chi connectivity index (χ0n) is 20.4. The van der Waals surface area contributed by atoms with Crippen LogP contribution in [0.25, 0.3) is 0 Å². The number of nitrogens with zero attached hydrogens (tertiary/aromatic N) is 5. The summed E-state index contributed by atoms with van der Waals surface area (Å²) in [5.74, 6) is 0.577. The van der Waals surface area contributed by atoms with Crippen LogP contribution in [0.15, 0.2) is 48.7 Å². The van der Waals surface area contributed by atoms with E-state index in [-0.39, 0.29) is 18.2 Å². The number of hydrogen-bond donors (Lipinski definition) is 0. The maximum absolute atomic E-state index is 13.1. The van der Waals surface area contributed by atoms with E-state index in [1.165, 1.54) is 11.6 Å². The van der Waals surface area contributed by atoms with Gasteiger partial charge in [-0.1, -0.05) is 12.1 Å². The van der Waals surface area contributed by atoms with Crippen LogP contribution in [-0.4, -0.2) is 56.6 Å². The van der Waals surface area contributed by atoms with Crippen LogP contribution < -0.4 is 4.74 Å². The molecule has 1 aliphatic heterocycles. The molecule has 0 spiro atoms. The number of aromatic nitrogens is 2. The first-order valence-corrected chi connectivity index (χ1v) is 11.9. The number of amides is 1. The minimum absolute atomic E-state index is 0.0210. The number of nitro groups is 1. The topological polar surface area (TPSA) is 93.7 Å². The summed E-state index contributed by atoms with van der Waals surface area (Å²) in [5, 5.41) is 15.5. The van der Waals surface area contributed by atoms with E-state index in [0.717, 1.165) is 37.4 Å². The lowest BCUT2D eigenvalue weighted by atomic mass is 10.1. The molecule has 0 saturated carbocycles. The number of aryl methyl sites for hydroxylation is 3. The van der Waals surface area contributed by atoms with Crippen LogP contribution >= 0.6 is 0 Å². The maximum atomic E-state index is 13.1. The highest BCUT2D eigenvalue weighted by Gasteiger charge is 2.23. The van der Waals surface area contributed by atoms with Crippen LogP contribution in [0.2, 0.25) is 0 Å². The van der Waals surface area contributed by atoms with Gasteiger partial charge < -0.3 is 9.64 Å². The molecule has 35 heavy (non-hydrogen) atoms. The van der Waals surface area contributed by atoms with Crippen molar-refractivity contribution in [2.24, 2.45) is 0 Å². The number of nitro benzene ring substituents is 1. The number of hydrogen-bond acceptors (Lipinski definition) is 6. The molecule has 4 rings (SSSR count). The standard InChI is InChI=1S/C26H31N5O4/c1-4-30-17-23(20(3)27-30)16-28-10-12-29(13-11-28)26(32)22-7-5-6-21(15-22)18-35-24-8-9-25(31(33)34)19(2)14-24/h5-9,14-15,17H,4,10-13,16,18H2,1-3H3. The second-order valence-corrected chi connectivity index (χ2v) is 8.86. The Balaban J connectivity index is 1.32. The third kappa shape index (κ3) is 5.86. The van der Waals surface area contributed by atoms with E-state index in [9.17, 15) is 14.9 Å². The SMILES string of the molecule is CCn1cc(CN2CCN(C(=O)c3cccc(COc4ccc([N+](=O)[O-])c(C)c4)c3)CC2)c(C)n1. The van der Waals surface area contributed by atoms with E-state index in [1.807, 2.05) is 40.8 Å². The molecule has 1 aliphatic rings. The molecule has 9 nitrogen and oxygen atoms in total. The maximum Gasteiger partial charge on any atom is 0.272 e. The molecule has 9 heteroatoms. The number of carbonyl (C=O) groups excluding carboxylic acids is 1. The highest BCUT2D eigenvalue weighted by Crippen LogP contribution is 2.24. The first-order valence-electron chi connectivity index (χ1n) is 11.9. The van der Waals surface area contributed by atoms with Crippen molar-refractivity contribution in [1.29, 1.82) is 0 Å². The summed E-state index contributed by atoms with van der Waals surface area (Å²) in [6.45, 7) is 10.8. The van der Waals surface area contributed by atoms with Gasteiger partial charge in [0.25, 0.3) is 11.6 Å². The van der Waals surface area contributed by atoms with Gasteiger partial charge in [-0.2, -0.15) is 5.10 Å². The van der Waals surface area contributed by atoms with Crippen molar-refractivity contribution in [3.8, 4) is 5.75 Å². The molecule has 0 N–H and O–H groups in total. The Morgan fingerprint density at radius 1 is 1.11 bits per heavy atom. The first kappa shape index (κ1) is 24.4. The van der Waals surface area contributed by atoms with Gasteiger partial charge in [0, 0.05) is 68.2 Å². The number of piperazine rings is 1. The van der Waals surface area contributed by atoms with E-state index in [2.05, 4.69) is 23.1 Å². The Labute approximate surface area is 205 Å². The van der Waals surface area contributed by atoms with E-state index in [1.54, 1.807) is 19.1 Å². The quantitative estimate of drug-likeness (QED) is 0.360. The largest absolute Gasteiger partial charge is 0.489 e. The second kappa shape index (κ2) is 10.7. The lowest BCUT2D eigenvalue weighted by molar-refractivity contribution is -0.385. The number of benzene rings is 2. The fourth-order valence-corrected chi connectivity index (χ4v) is 4.29. The minimum atomic E-state index is -0.408. The molecule has 1 fully saturated rings. The normalized spacial score (nSPS) is 14.2. The highest BCUT2D eigenvalue weighted by atomic mass is 16.6. The predicted molar refractivity (Wildman–Crippen MR) is 132 cm³/mol. The van der Waals surface area contributed by atoms with Crippen molar-refractivity contribution < 1.29 is 14.5 Å². The first-order chi connectivity index (χ1) is 16.8. The average Bonchev–Trinajstić information content (AvgIpc) is 3.22. The van der Waals surface area contributed by atoms with E-state index in [4.69, 9.17) is 4.74 Å². The molecule has 0 unspecified atom stereocenters. The zero-order chi connectivity index (χ0) is 24.9. The summed E-state index contributed by atoms with van der Waals surface area (Å²) in [4.78, 5) is 28.0. The van der Waals surface area contributed by atoms with Crippen molar-refractivity contribution in [2.75, 3.05) is 26.2 Å². The molecule has 0 bridgehead atoms. The number of ether oxygens (including phenoxy) is 1. The summed E-state index contributed by atoms with van der Waals surface area (Å²) < 4.78 is 7.78. The van der Waals surface area contributed by atoms with Crippen molar-refractivity contribution in [3.63, 3.8) is 0 Å². The molecule has 3 aromatic rings. The fraction of sp³-hybridized carbons (Fsp3) is 0.385. The Morgan fingerprint density at radius 3 is 2.54 bits per heavy atom. The van der Waals surface area contributed by atoms with Crippen molar-refractivity contribution in [3.05, 3.63) is 86.7 Å². The van der Waals surface area contributed by atoms with E-state index in [0.29, 0.717) is 30.0 Å². The summed E-state index contributed by atoms with van der Waals surface area (Å²) in [7, 11) is 0. The highest BCUT2D eigenvalue weighted by molar-refractivity contribution is 5.94. The van der Waals surface area contributed by atoms with Crippen molar-refractivity contribution in [2.45, 2.75) is 40.5 Å². The summed E-state index contributed by atoms with van der Waals surface area (Å²) in [6.07, 6.45) is 2.11. The molecular formula is C26H31N5O4. The molecule has 2 heterocycles. The molecule has 0 atom stereocenters. The van der Waals surface area contributed by atoms with Crippen LogP contribution in [0.3, 0.4) is 0 Å². The Bertz CT molecular complexity index is 1210. The van der Waals surface area contributed by atoms with E-state index < -0.39 is 4.92 Å². The van der Waals surface area contributed by atoms with E-state index >= 15 is 0 Å². The molecule has 1 amide bonds. The molecule has 1 saturated heterocycles. The minimum Gasteiger partial charge on any atom is -0.489 e. The van der Waals surface area contributed by atoms with Crippen LogP contribution in [0.4, 0.5) is 5.69 Å². The molecule has 184 valence electrons.